The van der Waals surface area contributed by atoms with Gasteiger partial charge in [0.05, 0.1) is 0 Å². The highest BCUT2D eigenvalue weighted by atomic mass is 15.1. The van der Waals surface area contributed by atoms with Gasteiger partial charge in [-0.25, -0.2) is 0 Å². The summed E-state index contributed by atoms with van der Waals surface area (Å²) in [5.74, 6) is 0. The molecule has 0 spiro atoms. The summed E-state index contributed by atoms with van der Waals surface area (Å²) in [6.07, 6.45) is 4.31. The molecule has 17 heavy (non-hydrogen) atoms. The molecule has 1 aromatic carbocycles. The van der Waals surface area contributed by atoms with Gasteiger partial charge in [0.1, 0.15) is 0 Å². The monoisotopic (exact) mass is 232 g/mol. The summed E-state index contributed by atoms with van der Waals surface area (Å²) in [4.78, 5) is 2.36. The Hall–Kier alpha value is -1.12. The highest BCUT2D eigenvalue weighted by Gasteiger charge is 1.97. The number of nitrogens with zero attached hydrogens (tertiary/aromatic N) is 1. The average molecular weight is 232 g/mol. The summed E-state index contributed by atoms with van der Waals surface area (Å²) in [6.45, 7) is 7.99. The lowest BCUT2D eigenvalue weighted by Gasteiger charge is -2.16. The van der Waals surface area contributed by atoms with Crippen molar-refractivity contribution in [1.29, 1.82) is 0 Å². The van der Waals surface area contributed by atoms with E-state index in [2.05, 4.69) is 54.2 Å². The minimum absolute atomic E-state index is 0.960. The van der Waals surface area contributed by atoms with Crippen molar-refractivity contribution in [2.45, 2.75) is 19.4 Å². The fraction of sp³-hybridized carbons (Fsp3) is 0.467. The van der Waals surface area contributed by atoms with Crippen LogP contribution >= 0.6 is 0 Å². The Balaban J connectivity index is 2.02. The van der Waals surface area contributed by atoms with Crippen molar-refractivity contribution in [3.05, 3.63) is 48.6 Å². The Morgan fingerprint density at radius 2 is 2.00 bits per heavy atom. The third-order valence-electron chi connectivity index (χ3n) is 2.79. The van der Waals surface area contributed by atoms with E-state index in [0.29, 0.717) is 0 Å². The van der Waals surface area contributed by atoms with Crippen LogP contribution in [0.1, 0.15) is 18.4 Å². The number of hydrogen-bond donors (Lipinski definition) is 1. The molecular weight excluding hydrogens is 208 g/mol. The molecule has 0 heterocycles. The van der Waals surface area contributed by atoms with Crippen molar-refractivity contribution in [2.75, 3.05) is 26.7 Å². The molecule has 0 aromatic heterocycles. The van der Waals surface area contributed by atoms with E-state index in [0.717, 1.165) is 32.6 Å². The molecule has 0 aliphatic heterocycles. The van der Waals surface area contributed by atoms with E-state index in [-0.39, 0.29) is 0 Å². The van der Waals surface area contributed by atoms with Crippen LogP contribution in [0.4, 0.5) is 0 Å². The summed E-state index contributed by atoms with van der Waals surface area (Å²) in [7, 11) is 2.17. The predicted octanol–water partition coefficient (Wildman–Crippen LogP) is 2.67. The number of likely N-dealkylation sites (N-methyl/N-ethyl adjacent to an activating group) is 1. The second-order valence-corrected chi connectivity index (χ2v) is 4.40. The van der Waals surface area contributed by atoms with Crippen LogP contribution in [0.25, 0.3) is 0 Å². The van der Waals surface area contributed by atoms with Gasteiger partial charge >= 0.3 is 0 Å². The number of unbranched alkanes of at least 4 members (excludes halogenated alkanes) is 1. The second-order valence-electron chi connectivity index (χ2n) is 4.40. The molecule has 94 valence electrons. The molecule has 0 aliphatic carbocycles. The van der Waals surface area contributed by atoms with Crippen LogP contribution < -0.4 is 5.32 Å². The lowest BCUT2D eigenvalue weighted by Crippen LogP contribution is -2.29. The van der Waals surface area contributed by atoms with Gasteiger partial charge in [-0.2, -0.15) is 0 Å². The summed E-state index contributed by atoms with van der Waals surface area (Å²) >= 11 is 0. The van der Waals surface area contributed by atoms with E-state index < -0.39 is 0 Å². The molecule has 0 aliphatic rings. The second kappa shape index (κ2) is 8.97. The van der Waals surface area contributed by atoms with Crippen molar-refractivity contribution in [3.8, 4) is 0 Å². The molecule has 0 fully saturated rings. The number of nitrogens with one attached hydrogen (secondary N) is 1. The van der Waals surface area contributed by atoms with E-state index in [1.165, 1.54) is 12.0 Å². The Bertz CT molecular complexity index is 295. The lowest BCUT2D eigenvalue weighted by atomic mass is 10.2. The van der Waals surface area contributed by atoms with Gasteiger partial charge in [-0.1, -0.05) is 36.4 Å². The molecule has 1 aromatic rings. The SMILES string of the molecule is C=CCCCN(C)CCNCc1ccccc1. The van der Waals surface area contributed by atoms with Crippen LogP contribution in [0.15, 0.2) is 43.0 Å². The number of rotatable bonds is 9. The minimum atomic E-state index is 0.960. The molecule has 0 radical (unpaired) electrons. The van der Waals surface area contributed by atoms with Crippen LogP contribution in [0.2, 0.25) is 0 Å². The van der Waals surface area contributed by atoms with Gasteiger partial charge in [-0.05, 0) is 32.0 Å². The summed E-state index contributed by atoms with van der Waals surface area (Å²) < 4.78 is 0. The van der Waals surface area contributed by atoms with E-state index in [1.807, 2.05) is 6.08 Å². The standard InChI is InChI=1S/C15H24N2/c1-3-4-8-12-17(2)13-11-16-14-15-9-6-5-7-10-15/h3,5-7,9-10,16H,1,4,8,11-14H2,2H3. The van der Waals surface area contributed by atoms with Gasteiger partial charge in [0.2, 0.25) is 0 Å². The van der Waals surface area contributed by atoms with Crippen LogP contribution in [-0.4, -0.2) is 31.6 Å². The molecule has 0 atom stereocenters. The van der Waals surface area contributed by atoms with E-state index >= 15 is 0 Å². The molecule has 1 rings (SSSR count). The average Bonchev–Trinajstić information content (AvgIpc) is 2.36. The summed E-state index contributed by atoms with van der Waals surface area (Å²) in [5, 5.41) is 3.46. The first-order valence-electron chi connectivity index (χ1n) is 6.37. The molecule has 2 heteroatoms. The summed E-state index contributed by atoms with van der Waals surface area (Å²) in [6, 6.07) is 10.5. The van der Waals surface area contributed by atoms with E-state index in [4.69, 9.17) is 0 Å². The first-order valence-corrected chi connectivity index (χ1v) is 6.37. The third-order valence-corrected chi connectivity index (χ3v) is 2.79. The van der Waals surface area contributed by atoms with Gasteiger partial charge < -0.3 is 10.2 Å². The maximum Gasteiger partial charge on any atom is 0.0206 e. The summed E-state index contributed by atoms with van der Waals surface area (Å²) in [5.41, 5.74) is 1.35. The van der Waals surface area contributed by atoms with Crippen molar-refractivity contribution in [3.63, 3.8) is 0 Å². The van der Waals surface area contributed by atoms with Gasteiger partial charge in [-0.3, -0.25) is 0 Å². The van der Waals surface area contributed by atoms with Crippen LogP contribution in [0.5, 0.6) is 0 Å². The molecule has 1 N–H and O–H groups in total. The predicted molar refractivity (Wildman–Crippen MR) is 75.1 cm³/mol. The van der Waals surface area contributed by atoms with Crippen molar-refractivity contribution >= 4 is 0 Å². The largest absolute Gasteiger partial charge is 0.311 e. The number of benzene rings is 1. The first-order chi connectivity index (χ1) is 8.33. The smallest absolute Gasteiger partial charge is 0.0206 e. The molecule has 0 saturated heterocycles. The van der Waals surface area contributed by atoms with E-state index in [1.54, 1.807) is 0 Å². The Morgan fingerprint density at radius 1 is 1.24 bits per heavy atom. The van der Waals surface area contributed by atoms with Crippen LogP contribution in [0, 0.1) is 0 Å². The zero-order valence-corrected chi connectivity index (χ0v) is 10.9. The van der Waals surface area contributed by atoms with Crippen molar-refractivity contribution in [2.24, 2.45) is 0 Å². The minimum Gasteiger partial charge on any atom is -0.311 e. The number of hydrogen-bond acceptors (Lipinski definition) is 2. The Kier molecular flexibility index (Phi) is 7.35. The number of allylic oxidation sites excluding steroid dienone is 1. The molecule has 0 unspecified atom stereocenters. The maximum atomic E-state index is 3.74. The van der Waals surface area contributed by atoms with Crippen molar-refractivity contribution in [1.82, 2.24) is 10.2 Å². The molecule has 2 nitrogen and oxygen atoms in total. The zero-order valence-electron chi connectivity index (χ0n) is 10.9. The fourth-order valence-corrected chi connectivity index (χ4v) is 1.72. The normalized spacial score (nSPS) is 10.7. The lowest BCUT2D eigenvalue weighted by molar-refractivity contribution is 0.328. The molecular formula is C15H24N2. The van der Waals surface area contributed by atoms with Crippen LogP contribution in [0.3, 0.4) is 0 Å². The van der Waals surface area contributed by atoms with Crippen molar-refractivity contribution < 1.29 is 0 Å². The molecule has 0 saturated carbocycles. The Labute approximate surface area is 105 Å². The Morgan fingerprint density at radius 3 is 2.71 bits per heavy atom. The molecule has 0 amide bonds. The first kappa shape index (κ1) is 13.9. The highest BCUT2D eigenvalue weighted by Crippen LogP contribution is 1.97. The zero-order chi connectivity index (χ0) is 12.3. The van der Waals surface area contributed by atoms with Gasteiger partial charge in [0.25, 0.3) is 0 Å². The maximum absolute atomic E-state index is 3.74. The quantitative estimate of drug-likeness (QED) is 0.520. The van der Waals surface area contributed by atoms with E-state index in [9.17, 15) is 0 Å². The fourth-order valence-electron chi connectivity index (χ4n) is 1.72. The highest BCUT2D eigenvalue weighted by molar-refractivity contribution is 5.14. The third kappa shape index (κ3) is 6.93. The van der Waals surface area contributed by atoms with Gasteiger partial charge in [-0.15, -0.1) is 6.58 Å². The van der Waals surface area contributed by atoms with Gasteiger partial charge in [0, 0.05) is 19.6 Å². The van der Waals surface area contributed by atoms with Crippen LogP contribution in [-0.2, 0) is 6.54 Å². The topological polar surface area (TPSA) is 15.3 Å². The molecule has 0 bridgehead atoms. The van der Waals surface area contributed by atoms with Gasteiger partial charge in [0.15, 0.2) is 0 Å².